The Kier molecular flexibility index (Phi) is 5.02. The fraction of sp³-hybridized carbons (Fsp3) is 0.0870. The molecule has 0 aliphatic carbocycles. The molecule has 0 atom stereocenters. The minimum atomic E-state index is 0.590. The van der Waals surface area contributed by atoms with E-state index in [0.717, 1.165) is 27.5 Å². The number of H-pyrrole nitrogens is 1. The quantitative estimate of drug-likeness (QED) is 0.371. The summed E-state index contributed by atoms with van der Waals surface area (Å²) in [5.74, 6) is 0.590. The molecule has 0 aliphatic rings. The first-order valence-electron chi connectivity index (χ1n) is 9.53. The first kappa shape index (κ1) is 18.9. The van der Waals surface area contributed by atoms with Crippen molar-refractivity contribution in [3.63, 3.8) is 0 Å². The van der Waals surface area contributed by atoms with E-state index in [1.807, 2.05) is 30.3 Å². The maximum absolute atomic E-state index is 6.35. The number of halogens is 1. The Bertz CT molecular complexity index is 1310. The highest BCUT2D eigenvalue weighted by molar-refractivity contribution is 7.99. The van der Waals surface area contributed by atoms with Gasteiger partial charge in [0.25, 0.3) is 0 Å². The minimum Gasteiger partial charge on any atom is -0.339 e. The zero-order valence-corrected chi connectivity index (χ0v) is 17.8. The average Bonchev–Trinajstić information content (AvgIpc) is 3.39. The summed E-state index contributed by atoms with van der Waals surface area (Å²) in [7, 11) is 0. The lowest BCUT2D eigenvalue weighted by atomic mass is 10.2. The zero-order valence-electron chi connectivity index (χ0n) is 16.2. The van der Waals surface area contributed by atoms with E-state index in [0.29, 0.717) is 5.82 Å². The Morgan fingerprint density at radius 3 is 2.67 bits per heavy atom. The molecule has 1 N–H and O–H groups in total. The summed E-state index contributed by atoms with van der Waals surface area (Å²) in [6.45, 7) is 2.97. The van der Waals surface area contributed by atoms with Crippen molar-refractivity contribution in [2.24, 2.45) is 0 Å². The smallest absolute Gasteiger partial charge is 0.204 e. The fourth-order valence-corrected chi connectivity index (χ4v) is 4.89. The molecule has 30 heavy (non-hydrogen) atoms. The van der Waals surface area contributed by atoms with Crippen LogP contribution in [0.1, 0.15) is 11.3 Å². The van der Waals surface area contributed by atoms with Gasteiger partial charge < -0.3 is 4.57 Å². The van der Waals surface area contributed by atoms with E-state index in [1.54, 1.807) is 11.8 Å². The van der Waals surface area contributed by atoms with E-state index in [1.165, 1.54) is 21.5 Å². The molecule has 0 amide bonds. The second-order valence-electron chi connectivity index (χ2n) is 7.01. The number of hydrogen-bond acceptors (Lipinski definition) is 4. The minimum absolute atomic E-state index is 0.590. The van der Waals surface area contributed by atoms with Crippen molar-refractivity contribution in [2.45, 2.75) is 23.3 Å². The van der Waals surface area contributed by atoms with Crippen molar-refractivity contribution >= 4 is 34.3 Å². The third-order valence-corrected chi connectivity index (χ3v) is 6.51. The average molecular weight is 432 g/mol. The summed E-state index contributed by atoms with van der Waals surface area (Å²) >= 11 is 8.09. The molecule has 0 radical (unpaired) electrons. The number of rotatable bonds is 5. The SMILES string of the molecule is Cc1c(Sc2cccc(-c3nn[nH]n3)c2)c2ccc(Cl)cc2n1Cc1ccccc1. The Balaban J connectivity index is 1.58. The molecule has 0 saturated carbocycles. The molecule has 148 valence electrons. The molecule has 2 aromatic heterocycles. The molecule has 7 heteroatoms. The largest absolute Gasteiger partial charge is 0.339 e. The predicted molar refractivity (Wildman–Crippen MR) is 121 cm³/mol. The summed E-state index contributed by atoms with van der Waals surface area (Å²) in [5, 5.41) is 16.3. The molecular weight excluding hydrogens is 414 g/mol. The standard InChI is InChI=1S/C23H18ClN5S/c1-15-22(30-19-9-5-8-17(12-19)23-25-27-28-26-23)20-11-10-18(24)13-21(20)29(15)14-16-6-3-2-4-7-16/h2-13H,14H2,1H3,(H,25,26,27,28). The number of aromatic nitrogens is 5. The molecule has 3 aromatic carbocycles. The van der Waals surface area contributed by atoms with Crippen LogP contribution in [0.4, 0.5) is 0 Å². The van der Waals surface area contributed by atoms with Crippen LogP contribution in [0.15, 0.2) is 82.6 Å². The van der Waals surface area contributed by atoms with Gasteiger partial charge in [0.05, 0.1) is 5.52 Å². The molecule has 0 unspecified atom stereocenters. The van der Waals surface area contributed by atoms with Crippen LogP contribution in [0, 0.1) is 6.92 Å². The number of tetrazole rings is 1. The highest BCUT2D eigenvalue weighted by atomic mass is 35.5. The fourth-order valence-electron chi connectivity index (χ4n) is 3.62. The molecule has 0 bridgehead atoms. The summed E-state index contributed by atoms with van der Waals surface area (Å²) in [4.78, 5) is 2.34. The maximum atomic E-state index is 6.35. The third-order valence-electron chi connectivity index (χ3n) is 5.07. The predicted octanol–water partition coefficient (Wildman–Crippen LogP) is 5.98. The van der Waals surface area contributed by atoms with E-state index < -0.39 is 0 Å². The van der Waals surface area contributed by atoms with E-state index in [-0.39, 0.29) is 0 Å². The van der Waals surface area contributed by atoms with Crippen molar-refractivity contribution in [3.8, 4) is 11.4 Å². The molecule has 5 rings (SSSR count). The summed E-state index contributed by atoms with van der Waals surface area (Å²) in [6, 6.07) is 24.8. The number of hydrogen-bond donors (Lipinski definition) is 1. The number of fused-ring (bicyclic) bond motifs is 1. The summed E-state index contributed by atoms with van der Waals surface area (Å²) < 4.78 is 2.34. The maximum Gasteiger partial charge on any atom is 0.204 e. The van der Waals surface area contributed by atoms with Crippen molar-refractivity contribution in [1.82, 2.24) is 25.2 Å². The van der Waals surface area contributed by atoms with Crippen LogP contribution in [-0.2, 0) is 6.54 Å². The molecule has 0 spiro atoms. The van der Waals surface area contributed by atoms with E-state index in [9.17, 15) is 0 Å². The summed E-state index contributed by atoms with van der Waals surface area (Å²) in [6.07, 6.45) is 0. The number of nitrogens with one attached hydrogen (secondary N) is 1. The van der Waals surface area contributed by atoms with Gasteiger partial charge in [-0.15, -0.1) is 10.2 Å². The highest BCUT2D eigenvalue weighted by Gasteiger charge is 2.16. The zero-order chi connectivity index (χ0) is 20.5. The van der Waals surface area contributed by atoms with Crippen LogP contribution in [0.3, 0.4) is 0 Å². The topological polar surface area (TPSA) is 59.4 Å². The van der Waals surface area contributed by atoms with Crippen LogP contribution in [0.25, 0.3) is 22.3 Å². The monoisotopic (exact) mass is 431 g/mol. The Hall–Kier alpha value is -3.09. The third kappa shape index (κ3) is 3.60. The van der Waals surface area contributed by atoms with Gasteiger partial charge in [-0.05, 0) is 42.0 Å². The normalized spacial score (nSPS) is 11.3. The molecule has 2 heterocycles. The molecular formula is C23H18ClN5S. The van der Waals surface area contributed by atoms with E-state index in [4.69, 9.17) is 11.6 Å². The second-order valence-corrected chi connectivity index (χ2v) is 8.53. The van der Waals surface area contributed by atoms with Gasteiger partial charge in [-0.2, -0.15) is 5.21 Å². The number of aromatic amines is 1. The van der Waals surface area contributed by atoms with Crippen LogP contribution in [0.5, 0.6) is 0 Å². The molecule has 5 nitrogen and oxygen atoms in total. The van der Waals surface area contributed by atoms with E-state index >= 15 is 0 Å². The van der Waals surface area contributed by atoms with Crippen LogP contribution in [-0.4, -0.2) is 25.2 Å². The highest BCUT2D eigenvalue weighted by Crippen LogP contribution is 2.40. The van der Waals surface area contributed by atoms with Crippen molar-refractivity contribution in [1.29, 1.82) is 0 Å². The van der Waals surface area contributed by atoms with Gasteiger partial charge in [-0.3, -0.25) is 0 Å². The second kappa shape index (κ2) is 7.97. The van der Waals surface area contributed by atoms with E-state index in [2.05, 4.69) is 74.6 Å². The van der Waals surface area contributed by atoms with Crippen LogP contribution < -0.4 is 0 Å². The first-order valence-corrected chi connectivity index (χ1v) is 10.7. The van der Waals surface area contributed by atoms with Gasteiger partial charge in [0.1, 0.15) is 0 Å². The molecule has 5 aromatic rings. The van der Waals surface area contributed by atoms with Gasteiger partial charge >= 0.3 is 0 Å². The van der Waals surface area contributed by atoms with Crippen LogP contribution in [0.2, 0.25) is 5.02 Å². The van der Waals surface area contributed by atoms with Crippen LogP contribution >= 0.6 is 23.4 Å². The summed E-state index contributed by atoms with van der Waals surface area (Å²) in [5.41, 5.74) is 4.54. The van der Waals surface area contributed by atoms with Crippen molar-refractivity contribution in [2.75, 3.05) is 0 Å². The number of nitrogens with zero attached hydrogens (tertiary/aromatic N) is 4. The van der Waals surface area contributed by atoms with Crippen molar-refractivity contribution in [3.05, 3.63) is 89.1 Å². The van der Waals surface area contributed by atoms with Gasteiger partial charge in [0.2, 0.25) is 5.82 Å². The Morgan fingerprint density at radius 1 is 1.00 bits per heavy atom. The molecule has 0 saturated heterocycles. The van der Waals surface area contributed by atoms with Crippen molar-refractivity contribution < 1.29 is 0 Å². The molecule has 0 aliphatic heterocycles. The Morgan fingerprint density at radius 2 is 1.87 bits per heavy atom. The van der Waals surface area contributed by atoms with Gasteiger partial charge in [0, 0.05) is 38.0 Å². The number of benzene rings is 3. The van der Waals surface area contributed by atoms with Gasteiger partial charge in [0.15, 0.2) is 0 Å². The lowest BCUT2D eigenvalue weighted by Crippen LogP contribution is -2.01. The van der Waals surface area contributed by atoms with Gasteiger partial charge in [-0.25, -0.2) is 0 Å². The lowest BCUT2D eigenvalue weighted by molar-refractivity contribution is 0.794. The molecule has 0 fully saturated rings. The lowest BCUT2D eigenvalue weighted by Gasteiger charge is -2.09. The van der Waals surface area contributed by atoms with Gasteiger partial charge in [-0.1, -0.05) is 71.9 Å². The Labute approximate surface area is 183 Å². The first-order chi connectivity index (χ1) is 14.7.